The van der Waals surface area contributed by atoms with Gasteiger partial charge in [0, 0.05) is 29.7 Å². The molecule has 35 heavy (non-hydrogen) atoms. The minimum Gasteiger partial charge on any atom is -0.466 e. The van der Waals surface area contributed by atoms with Crippen LogP contribution < -0.4 is 5.32 Å². The second kappa shape index (κ2) is 11.1. The van der Waals surface area contributed by atoms with Crippen LogP contribution in [0, 0.1) is 10.1 Å². The Morgan fingerprint density at radius 1 is 0.971 bits per heavy atom. The molecule has 1 unspecified atom stereocenters. The fraction of sp³-hybridized carbons (Fsp3) is 0.250. The first kappa shape index (κ1) is 25.1. The van der Waals surface area contributed by atoms with E-state index in [1.807, 2.05) is 0 Å². The zero-order valence-electron chi connectivity index (χ0n) is 19.3. The quantitative estimate of drug-likeness (QED) is 0.196. The standard InChI is InChI=1S/C24H23N3O8/c1-14-19(23(29)33-3)21(16-7-6-8-17(13-16)27(31)32)20(15(2)26-14)24(30)35-12-11-34-22(28)18-9-4-5-10-25-18/h4-10,13,21,26H,11-12H2,1-3H3. The van der Waals surface area contributed by atoms with Gasteiger partial charge in [-0.25, -0.2) is 19.4 Å². The molecule has 2 aromatic rings. The van der Waals surface area contributed by atoms with E-state index in [0.717, 1.165) is 0 Å². The summed E-state index contributed by atoms with van der Waals surface area (Å²) in [6.45, 7) is 2.78. The van der Waals surface area contributed by atoms with Gasteiger partial charge in [0.25, 0.3) is 5.69 Å². The molecule has 11 heteroatoms. The lowest BCUT2D eigenvalue weighted by atomic mass is 9.80. The van der Waals surface area contributed by atoms with Gasteiger partial charge >= 0.3 is 17.9 Å². The Hall–Kier alpha value is -4.54. The van der Waals surface area contributed by atoms with Gasteiger partial charge in [-0.1, -0.05) is 18.2 Å². The Bertz CT molecular complexity index is 1220. The van der Waals surface area contributed by atoms with Gasteiger partial charge in [0.2, 0.25) is 0 Å². The lowest BCUT2D eigenvalue weighted by Gasteiger charge is -2.30. The molecule has 11 nitrogen and oxygen atoms in total. The fourth-order valence-electron chi connectivity index (χ4n) is 3.70. The van der Waals surface area contributed by atoms with E-state index >= 15 is 0 Å². The van der Waals surface area contributed by atoms with Gasteiger partial charge in [0.1, 0.15) is 18.9 Å². The molecule has 0 fully saturated rings. The summed E-state index contributed by atoms with van der Waals surface area (Å²) in [5.74, 6) is -3.13. The number of carbonyl (C=O) groups excluding carboxylic acids is 3. The maximum absolute atomic E-state index is 13.1. The second-order valence-corrected chi connectivity index (χ2v) is 7.47. The monoisotopic (exact) mass is 481 g/mol. The molecule has 0 bridgehead atoms. The summed E-state index contributed by atoms with van der Waals surface area (Å²) in [5, 5.41) is 14.3. The van der Waals surface area contributed by atoms with E-state index in [4.69, 9.17) is 14.2 Å². The maximum Gasteiger partial charge on any atom is 0.357 e. The van der Waals surface area contributed by atoms with Crippen LogP contribution in [-0.4, -0.2) is 48.1 Å². The lowest BCUT2D eigenvalue weighted by molar-refractivity contribution is -0.384. The van der Waals surface area contributed by atoms with Crippen molar-refractivity contribution in [2.45, 2.75) is 19.8 Å². The minimum atomic E-state index is -0.979. The van der Waals surface area contributed by atoms with E-state index < -0.39 is 28.7 Å². The molecular formula is C24H23N3O8. The average molecular weight is 481 g/mol. The fourth-order valence-corrected chi connectivity index (χ4v) is 3.70. The van der Waals surface area contributed by atoms with E-state index in [0.29, 0.717) is 17.0 Å². The first-order valence-corrected chi connectivity index (χ1v) is 10.5. The van der Waals surface area contributed by atoms with Crippen LogP contribution in [0.1, 0.15) is 35.8 Å². The SMILES string of the molecule is COC(=O)C1=C(C)NC(C)=C(C(=O)OCCOC(=O)c2ccccn2)C1c1cccc([N+](=O)[O-])c1. The van der Waals surface area contributed by atoms with Crippen LogP contribution in [0.25, 0.3) is 0 Å². The summed E-state index contributed by atoms with van der Waals surface area (Å²) in [4.78, 5) is 52.4. The smallest absolute Gasteiger partial charge is 0.357 e. The van der Waals surface area contributed by atoms with E-state index in [-0.39, 0.29) is 35.7 Å². The van der Waals surface area contributed by atoms with Crippen molar-refractivity contribution in [3.63, 3.8) is 0 Å². The molecule has 0 amide bonds. The molecule has 1 atom stereocenters. The number of hydrogen-bond donors (Lipinski definition) is 1. The predicted octanol–water partition coefficient (Wildman–Crippen LogP) is 2.80. The molecule has 3 rings (SSSR count). The van der Waals surface area contributed by atoms with Gasteiger partial charge in [-0.15, -0.1) is 0 Å². The summed E-state index contributed by atoms with van der Waals surface area (Å²) in [7, 11) is 1.20. The van der Waals surface area contributed by atoms with Crippen LogP contribution in [0.2, 0.25) is 0 Å². The van der Waals surface area contributed by atoms with Crippen LogP contribution in [-0.2, 0) is 23.8 Å². The molecule has 0 saturated carbocycles. The van der Waals surface area contributed by atoms with Gasteiger partial charge in [-0.2, -0.15) is 0 Å². The first-order chi connectivity index (χ1) is 16.7. The van der Waals surface area contributed by atoms with Crippen LogP contribution in [0.15, 0.2) is 71.2 Å². The second-order valence-electron chi connectivity index (χ2n) is 7.47. The highest BCUT2D eigenvalue weighted by atomic mass is 16.6. The summed E-state index contributed by atoms with van der Waals surface area (Å²) < 4.78 is 15.3. The number of carbonyl (C=O) groups is 3. The molecule has 1 aliphatic rings. The van der Waals surface area contributed by atoms with Crippen molar-refractivity contribution in [2.24, 2.45) is 0 Å². The summed E-state index contributed by atoms with van der Waals surface area (Å²) in [6.07, 6.45) is 1.45. The molecule has 1 aromatic carbocycles. The number of non-ortho nitro benzene ring substituents is 1. The number of dihydropyridines is 1. The van der Waals surface area contributed by atoms with Crippen LogP contribution in [0.3, 0.4) is 0 Å². The zero-order chi connectivity index (χ0) is 25.5. The molecule has 1 aliphatic heterocycles. The van der Waals surface area contributed by atoms with E-state index in [9.17, 15) is 24.5 Å². The van der Waals surface area contributed by atoms with Crippen molar-refractivity contribution >= 4 is 23.6 Å². The lowest BCUT2D eigenvalue weighted by Crippen LogP contribution is -2.32. The summed E-state index contributed by atoms with van der Waals surface area (Å²) >= 11 is 0. The Morgan fingerprint density at radius 2 is 1.63 bits per heavy atom. The van der Waals surface area contributed by atoms with Crippen molar-refractivity contribution in [1.29, 1.82) is 0 Å². The number of hydrogen-bond acceptors (Lipinski definition) is 10. The van der Waals surface area contributed by atoms with E-state index in [1.165, 1.54) is 37.6 Å². The molecule has 1 aromatic heterocycles. The Labute approximate surface area is 200 Å². The zero-order valence-corrected chi connectivity index (χ0v) is 19.3. The topological polar surface area (TPSA) is 147 Å². The largest absolute Gasteiger partial charge is 0.466 e. The molecule has 0 spiro atoms. The molecular weight excluding hydrogens is 458 g/mol. The van der Waals surface area contributed by atoms with Gasteiger partial charge in [-0.05, 0) is 31.5 Å². The first-order valence-electron chi connectivity index (χ1n) is 10.5. The number of allylic oxidation sites excluding steroid dienone is 2. The van der Waals surface area contributed by atoms with Crippen molar-refractivity contribution in [3.8, 4) is 0 Å². The average Bonchev–Trinajstić information content (AvgIpc) is 2.86. The summed E-state index contributed by atoms with van der Waals surface area (Å²) in [5.41, 5.74) is 1.29. The molecule has 0 saturated heterocycles. The van der Waals surface area contributed by atoms with Crippen LogP contribution in [0.5, 0.6) is 0 Å². The van der Waals surface area contributed by atoms with Gasteiger partial charge in [0.15, 0.2) is 0 Å². The Kier molecular flexibility index (Phi) is 7.92. The van der Waals surface area contributed by atoms with Crippen molar-refractivity contribution < 1.29 is 33.5 Å². The number of nitro groups is 1. The predicted molar refractivity (Wildman–Crippen MR) is 122 cm³/mol. The number of rotatable bonds is 8. The highest BCUT2D eigenvalue weighted by Crippen LogP contribution is 2.40. The third kappa shape index (κ3) is 5.69. The number of ether oxygens (including phenoxy) is 3. The van der Waals surface area contributed by atoms with E-state index in [2.05, 4.69) is 10.3 Å². The van der Waals surface area contributed by atoms with Gasteiger partial charge < -0.3 is 19.5 Å². The molecule has 0 aliphatic carbocycles. The Balaban J connectivity index is 1.83. The molecule has 0 radical (unpaired) electrons. The highest BCUT2D eigenvalue weighted by molar-refractivity contribution is 6.00. The molecule has 2 heterocycles. The van der Waals surface area contributed by atoms with Crippen LogP contribution >= 0.6 is 0 Å². The molecule has 182 valence electrons. The third-order valence-electron chi connectivity index (χ3n) is 5.22. The minimum absolute atomic E-state index is 0.0764. The highest BCUT2D eigenvalue weighted by Gasteiger charge is 2.38. The maximum atomic E-state index is 13.1. The number of methoxy groups -OCH3 is 1. The summed E-state index contributed by atoms with van der Waals surface area (Å²) in [6, 6.07) is 10.4. The normalized spacial score (nSPS) is 15.2. The molecule has 1 N–H and O–H groups in total. The number of esters is 3. The van der Waals surface area contributed by atoms with Crippen molar-refractivity contribution in [3.05, 3.63) is 92.6 Å². The van der Waals surface area contributed by atoms with Gasteiger partial charge in [-0.3, -0.25) is 10.1 Å². The van der Waals surface area contributed by atoms with Crippen LogP contribution in [0.4, 0.5) is 5.69 Å². The number of nitrogens with zero attached hydrogens (tertiary/aromatic N) is 2. The van der Waals surface area contributed by atoms with Crippen molar-refractivity contribution in [2.75, 3.05) is 20.3 Å². The number of pyridine rings is 1. The third-order valence-corrected chi connectivity index (χ3v) is 5.22. The number of nitro benzene ring substituents is 1. The number of aromatic nitrogens is 1. The van der Waals surface area contributed by atoms with Gasteiger partial charge in [0.05, 0.1) is 29.1 Å². The number of nitrogens with one attached hydrogen (secondary N) is 1. The van der Waals surface area contributed by atoms with Crippen molar-refractivity contribution in [1.82, 2.24) is 10.3 Å². The van der Waals surface area contributed by atoms with E-state index in [1.54, 1.807) is 32.0 Å². The Morgan fingerprint density at radius 3 is 2.23 bits per heavy atom. The number of benzene rings is 1.